The first-order valence-corrected chi connectivity index (χ1v) is 5.92. The van der Waals surface area contributed by atoms with E-state index < -0.39 is 30.9 Å². The summed E-state index contributed by atoms with van der Waals surface area (Å²) in [6.07, 6.45) is -0.185. The number of hydrogen-bond donors (Lipinski definition) is 2. The van der Waals surface area contributed by atoms with E-state index in [9.17, 15) is 18.4 Å². The molecule has 1 aliphatic carbocycles. The smallest absolute Gasteiger partial charge is 0.317 e. The molecule has 2 N–H and O–H groups in total. The number of carbonyl (C=O) groups is 2. The predicted octanol–water partition coefficient (Wildman–Crippen LogP) is 1.54. The number of nitrogens with one attached hydrogen (secondary N) is 1. The van der Waals surface area contributed by atoms with E-state index in [1.54, 1.807) is 0 Å². The van der Waals surface area contributed by atoms with Crippen molar-refractivity contribution < 1.29 is 23.5 Å². The average molecular weight is 264 g/mol. The number of rotatable bonds is 4. The normalized spacial score (nSPS) is 23.8. The number of carboxylic acids is 1. The Labute approximate surface area is 104 Å². The van der Waals surface area contributed by atoms with Crippen molar-refractivity contribution in [1.29, 1.82) is 0 Å². The van der Waals surface area contributed by atoms with Gasteiger partial charge in [0.1, 0.15) is 0 Å². The minimum atomic E-state index is -2.57. The zero-order chi connectivity index (χ0) is 13.7. The first kappa shape index (κ1) is 14.7. The van der Waals surface area contributed by atoms with Crippen LogP contribution >= 0.6 is 0 Å². The van der Waals surface area contributed by atoms with Gasteiger partial charge in [0.25, 0.3) is 6.43 Å². The van der Waals surface area contributed by atoms with Gasteiger partial charge in [0.15, 0.2) is 0 Å². The molecule has 0 saturated heterocycles. The molecule has 1 fully saturated rings. The second-order valence-corrected chi connectivity index (χ2v) is 4.62. The van der Waals surface area contributed by atoms with Crippen LogP contribution in [0.3, 0.4) is 0 Å². The van der Waals surface area contributed by atoms with E-state index in [2.05, 4.69) is 5.32 Å². The number of urea groups is 1. The van der Waals surface area contributed by atoms with Crippen LogP contribution < -0.4 is 5.32 Å². The van der Waals surface area contributed by atoms with Crippen molar-refractivity contribution >= 4 is 12.0 Å². The van der Waals surface area contributed by atoms with Gasteiger partial charge in [-0.2, -0.15) is 0 Å². The fourth-order valence-electron chi connectivity index (χ4n) is 2.12. The van der Waals surface area contributed by atoms with E-state index in [0.29, 0.717) is 19.3 Å². The van der Waals surface area contributed by atoms with Crippen molar-refractivity contribution in [3.05, 3.63) is 0 Å². The molecule has 0 aromatic rings. The standard InChI is InChI=1S/C11H18F2N2O3/c1-15(6-9(12)13)11(18)14-8-4-2-3-7(5-8)10(16)17/h7-9H,2-6H2,1H3,(H,14,18)(H,16,17). The number of halogens is 2. The number of nitrogens with zero attached hydrogens (tertiary/aromatic N) is 1. The van der Waals surface area contributed by atoms with E-state index in [1.807, 2.05) is 0 Å². The lowest BCUT2D eigenvalue weighted by Gasteiger charge is -2.29. The van der Waals surface area contributed by atoms with E-state index in [1.165, 1.54) is 7.05 Å². The zero-order valence-electron chi connectivity index (χ0n) is 10.2. The fourth-order valence-corrected chi connectivity index (χ4v) is 2.12. The SMILES string of the molecule is CN(CC(F)F)C(=O)NC1CCCC(C(=O)O)C1. The van der Waals surface area contributed by atoms with Gasteiger partial charge >= 0.3 is 12.0 Å². The molecule has 18 heavy (non-hydrogen) atoms. The van der Waals surface area contributed by atoms with E-state index in [4.69, 9.17) is 5.11 Å². The van der Waals surface area contributed by atoms with E-state index >= 15 is 0 Å². The Morgan fingerprint density at radius 2 is 2.11 bits per heavy atom. The predicted molar refractivity (Wildman–Crippen MR) is 60.5 cm³/mol. The third-order valence-electron chi connectivity index (χ3n) is 3.11. The summed E-state index contributed by atoms with van der Waals surface area (Å²) in [7, 11) is 1.29. The Morgan fingerprint density at radius 1 is 1.44 bits per heavy atom. The van der Waals surface area contributed by atoms with Crippen LogP contribution in [0.25, 0.3) is 0 Å². The summed E-state index contributed by atoms with van der Waals surface area (Å²) in [4.78, 5) is 23.3. The molecule has 5 nitrogen and oxygen atoms in total. The number of carbonyl (C=O) groups excluding carboxylic acids is 1. The molecular weight excluding hydrogens is 246 g/mol. The molecule has 0 heterocycles. The number of aliphatic carboxylic acids is 1. The molecule has 104 valence electrons. The van der Waals surface area contributed by atoms with Gasteiger partial charge in [-0.15, -0.1) is 0 Å². The Hall–Kier alpha value is -1.40. The molecule has 0 aliphatic heterocycles. The van der Waals surface area contributed by atoms with Crippen LogP contribution in [0.15, 0.2) is 0 Å². The topological polar surface area (TPSA) is 69.6 Å². The lowest BCUT2D eigenvalue weighted by atomic mass is 9.86. The van der Waals surface area contributed by atoms with Crippen LogP contribution in [-0.2, 0) is 4.79 Å². The maximum absolute atomic E-state index is 12.1. The van der Waals surface area contributed by atoms with Crippen molar-refractivity contribution in [3.8, 4) is 0 Å². The fraction of sp³-hybridized carbons (Fsp3) is 0.818. The highest BCUT2D eigenvalue weighted by Gasteiger charge is 2.28. The van der Waals surface area contributed by atoms with Crippen molar-refractivity contribution in [3.63, 3.8) is 0 Å². The maximum Gasteiger partial charge on any atom is 0.317 e. The van der Waals surface area contributed by atoms with Crippen LogP contribution in [-0.4, -0.2) is 48.1 Å². The maximum atomic E-state index is 12.1. The Balaban J connectivity index is 2.41. The molecule has 2 unspecified atom stereocenters. The van der Waals surface area contributed by atoms with Crippen LogP contribution in [0.4, 0.5) is 13.6 Å². The summed E-state index contributed by atoms with van der Waals surface area (Å²) in [5, 5.41) is 11.5. The quantitative estimate of drug-likeness (QED) is 0.809. The van der Waals surface area contributed by atoms with Gasteiger partial charge < -0.3 is 15.3 Å². The number of carboxylic acid groups (broad SMARTS) is 1. The molecule has 0 spiro atoms. The largest absolute Gasteiger partial charge is 0.481 e. The molecule has 1 saturated carbocycles. The van der Waals surface area contributed by atoms with Gasteiger partial charge in [0, 0.05) is 13.1 Å². The first-order valence-electron chi connectivity index (χ1n) is 5.92. The average Bonchev–Trinajstić information content (AvgIpc) is 2.28. The summed E-state index contributed by atoms with van der Waals surface area (Å²) in [5.41, 5.74) is 0. The molecule has 2 atom stereocenters. The Bertz CT molecular complexity index is 313. The summed E-state index contributed by atoms with van der Waals surface area (Å²) in [6, 6.07) is -0.821. The van der Waals surface area contributed by atoms with Crippen LogP contribution in [0.5, 0.6) is 0 Å². The second-order valence-electron chi connectivity index (χ2n) is 4.62. The molecular formula is C11H18F2N2O3. The van der Waals surface area contributed by atoms with Crippen molar-refractivity contribution in [2.24, 2.45) is 5.92 Å². The molecule has 0 aromatic carbocycles. The van der Waals surface area contributed by atoms with Gasteiger partial charge in [-0.05, 0) is 19.3 Å². The summed E-state index contributed by atoms with van der Waals surface area (Å²) < 4.78 is 24.2. The summed E-state index contributed by atoms with van der Waals surface area (Å²) >= 11 is 0. The molecule has 2 amide bonds. The highest BCUT2D eigenvalue weighted by atomic mass is 19.3. The highest BCUT2D eigenvalue weighted by Crippen LogP contribution is 2.24. The lowest BCUT2D eigenvalue weighted by Crippen LogP contribution is -2.46. The second kappa shape index (κ2) is 6.51. The minimum absolute atomic E-state index is 0.243. The summed E-state index contributed by atoms with van der Waals surface area (Å²) in [6.45, 7) is -0.624. The first-order chi connectivity index (χ1) is 8.40. The Morgan fingerprint density at radius 3 is 2.67 bits per heavy atom. The van der Waals surface area contributed by atoms with Crippen molar-refractivity contribution in [2.75, 3.05) is 13.6 Å². The molecule has 1 rings (SSSR count). The third kappa shape index (κ3) is 4.46. The molecule has 7 heteroatoms. The van der Waals surface area contributed by atoms with E-state index in [-0.39, 0.29) is 6.04 Å². The zero-order valence-corrected chi connectivity index (χ0v) is 10.2. The highest BCUT2D eigenvalue weighted by molar-refractivity contribution is 5.74. The van der Waals surface area contributed by atoms with Crippen molar-refractivity contribution in [1.82, 2.24) is 10.2 Å². The minimum Gasteiger partial charge on any atom is -0.481 e. The number of hydrogen-bond acceptors (Lipinski definition) is 2. The van der Waals surface area contributed by atoms with E-state index in [0.717, 1.165) is 11.3 Å². The van der Waals surface area contributed by atoms with Gasteiger partial charge in [0.2, 0.25) is 0 Å². The van der Waals surface area contributed by atoms with Gasteiger partial charge in [-0.1, -0.05) is 6.42 Å². The van der Waals surface area contributed by atoms with Crippen LogP contribution in [0.1, 0.15) is 25.7 Å². The van der Waals surface area contributed by atoms with Gasteiger partial charge in [-0.25, -0.2) is 13.6 Å². The van der Waals surface area contributed by atoms with Crippen LogP contribution in [0.2, 0.25) is 0 Å². The molecule has 0 aromatic heterocycles. The molecule has 1 aliphatic rings. The van der Waals surface area contributed by atoms with Gasteiger partial charge in [0.05, 0.1) is 12.5 Å². The Kier molecular flexibility index (Phi) is 5.30. The molecule has 0 radical (unpaired) electrons. The van der Waals surface area contributed by atoms with Crippen molar-refractivity contribution in [2.45, 2.75) is 38.2 Å². The monoisotopic (exact) mass is 264 g/mol. The van der Waals surface area contributed by atoms with Gasteiger partial charge in [-0.3, -0.25) is 4.79 Å². The number of alkyl halides is 2. The summed E-state index contributed by atoms with van der Waals surface area (Å²) in [5.74, 6) is -1.32. The molecule has 0 bridgehead atoms. The lowest BCUT2D eigenvalue weighted by molar-refractivity contribution is -0.143. The third-order valence-corrected chi connectivity index (χ3v) is 3.11. The van der Waals surface area contributed by atoms with Crippen LogP contribution in [0, 0.1) is 5.92 Å². The number of amides is 2.